The number of aliphatic hydroxyl groups is 8. The van der Waals surface area contributed by atoms with Gasteiger partial charge in [0.15, 0.2) is 5.58 Å². The Kier molecular flexibility index (Phi) is 8.16. The average Bonchev–Trinajstić information content (AvgIpc) is 2.97. The van der Waals surface area contributed by atoms with Crippen LogP contribution < -0.4 is 5.43 Å². The highest BCUT2D eigenvalue weighted by Gasteiger charge is 2.50. The lowest BCUT2D eigenvalue weighted by molar-refractivity contribution is -0.234. The summed E-state index contributed by atoms with van der Waals surface area (Å²) in [5.74, 6) is -2.09. The Bertz CT molecular complexity index is 1500. The van der Waals surface area contributed by atoms with Gasteiger partial charge < -0.3 is 70.1 Å². The van der Waals surface area contributed by atoms with E-state index in [1.54, 1.807) is 0 Å². The number of hydrogen-bond donors (Lipinski definition) is 11. The average molecular weight is 595 g/mol. The molecule has 3 heterocycles. The smallest absolute Gasteiger partial charge is 0.204 e. The van der Waals surface area contributed by atoms with E-state index in [1.165, 1.54) is 24.3 Å². The Hall–Kier alpha value is -3.35. The van der Waals surface area contributed by atoms with Crippen LogP contribution in [0.3, 0.4) is 0 Å². The molecule has 2 fully saturated rings. The zero-order valence-corrected chi connectivity index (χ0v) is 21.6. The Morgan fingerprint density at radius 3 is 1.64 bits per heavy atom. The third-order valence-electron chi connectivity index (χ3n) is 7.77. The second-order valence-electron chi connectivity index (χ2n) is 10.3. The van der Waals surface area contributed by atoms with E-state index in [0.717, 1.165) is 6.26 Å². The second-order valence-corrected chi connectivity index (χ2v) is 10.3. The van der Waals surface area contributed by atoms with Gasteiger partial charge in [-0.25, -0.2) is 0 Å². The summed E-state index contributed by atoms with van der Waals surface area (Å²) in [5.41, 5.74) is -2.63. The molecule has 0 unspecified atom stereocenters. The minimum Gasteiger partial charge on any atom is -0.508 e. The van der Waals surface area contributed by atoms with Crippen molar-refractivity contribution < 1.29 is 70.1 Å². The standard InChI is InChI=1S/C27H30O15/c28-5-11-17(32)21(36)23(38)26(41-11)14-19(34)13-16(31)10(8-1-3-9(30)4-2-8)7-40-25(13)15(20(14)35)27-24(39)22(37)18(33)12(6-29)42-27/h1-4,7,11-12,17-18,21-24,26-30,32-39H,5-6H2/t11-,12-,17-,18-,21+,22+,23-,24-,26+,27+/m1/s1. The van der Waals surface area contributed by atoms with Gasteiger partial charge in [0, 0.05) is 0 Å². The topological polar surface area (TPSA) is 271 Å². The number of fused-ring (bicyclic) bond motifs is 1. The van der Waals surface area contributed by atoms with Crippen molar-refractivity contribution in [2.24, 2.45) is 0 Å². The maximum Gasteiger partial charge on any atom is 0.204 e. The molecule has 42 heavy (non-hydrogen) atoms. The highest BCUT2D eigenvalue weighted by molar-refractivity contribution is 5.93. The second kappa shape index (κ2) is 11.4. The quantitative estimate of drug-likeness (QED) is 0.147. The Labute approximate surface area is 235 Å². The highest BCUT2D eigenvalue weighted by Crippen LogP contribution is 2.50. The van der Waals surface area contributed by atoms with Gasteiger partial charge in [-0.1, -0.05) is 12.1 Å². The number of ether oxygens (including phenoxy) is 2. The molecule has 1 aromatic heterocycles. The molecule has 228 valence electrons. The maximum absolute atomic E-state index is 13.8. The van der Waals surface area contributed by atoms with E-state index in [1.807, 2.05) is 0 Å². The van der Waals surface area contributed by atoms with Crippen LogP contribution in [0, 0.1) is 0 Å². The van der Waals surface area contributed by atoms with Crippen molar-refractivity contribution in [3.05, 3.63) is 51.9 Å². The van der Waals surface area contributed by atoms with Crippen LogP contribution in [0.2, 0.25) is 0 Å². The molecule has 0 spiro atoms. The van der Waals surface area contributed by atoms with Crippen LogP contribution in [0.15, 0.2) is 39.7 Å². The zero-order chi connectivity index (χ0) is 30.6. The molecule has 2 saturated heterocycles. The van der Waals surface area contributed by atoms with Crippen LogP contribution in [0.25, 0.3) is 22.1 Å². The first kappa shape index (κ1) is 30.1. The molecule has 2 aliphatic rings. The van der Waals surface area contributed by atoms with Gasteiger partial charge in [0.2, 0.25) is 5.43 Å². The van der Waals surface area contributed by atoms with E-state index in [-0.39, 0.29) is 16.9 Å². The summed E-state index contributed by atoms with van der Waals surface area (Å²) in [5, 5.41) is 114. The summed E-state index contributed by atoms with van der Waals surface area (Å²) in [6.07, 6.45) is -17.2. The molecule has 0 bridgehead atoms. The van der Waals surface area contributed by atoms with Gasteiger partial charge in [0.25, 0.3) is 0 Å². The number of phenolic OH excluding ortho intramolecular Hbond substituents is 3. The third-order valence-corrected chi connectivity index (χ3v) is 7.77. The zero-order valence-electron chi connectivity index (χ0n) is 21.6. The van der Waals surface area contributed by atoms with Gasteiger partial charge in [-0.15, -0.1) is 0 Å². The highest BCUT2D eigenvalue weighted by atomic mass is 16.6. The van der Waals surface area contributed by atoms with E-state index in [0.29, 0.717) is 0 Å². The summed E-state index contributed by atoms with van der Waals surface area (Å²) in [7, 11) is 0. The lowest BCUT2D eigenvalue weighted by Crippen LogP contribution is -2.55. The molecule has 0 radical (unpaired) electrons. The van der Waals surface area contributed by atoms with Crippen molar-refractivity contribution in [1.82, 2.24) is 0 Å². The van der Waals surface area contributed by atoms with Crippen molar-refractivity contribution in [3.63, 3.8) is 0 Å². The molecule has 0 amide bonds. The summed E-state index contributed by atoms with van der Waals surface area (Å²) >= 11 is 0. The van der Waals surface area contributed by atoms with E-state index in [2.05, 4.69) is 0 Å². The fourth-order valence-corrected chi connectivity index (χ4v) is 5.43. The predicted octanol–water partition coefficient (Wildman–Crippen LogP) is -2.39. The van der Waals surface area contributed by atoms with Gasteiger partial charge >= 0.3 is 0 Å². The number of aromatic hydroxyl groups is 3. The Balaban J connectivity index is 1.82. The third kappa shape index (κ3) is 4.69. The minimum atomic E-state index is -2.04. The van der Waals surface area contributed by atoms with Crippen molar-refractivity contribution in [2.75, 3.05) is 13.2 Å². The van der Waals surface area contributed by atoms with Crippen LogP contribution in [0.4, 0.5) is 0 Å². The van der Waals surface area contributed by atoms with Crippen molar-refractivity contribution in [2.45, 2.75) is 61.0 Å². The number of benzene rings is 2. The molecule has 2 aliphatic heterocycles. The van der Waals surface area contributed by atoms with Gasteiger partial charge in [-0.05, 0) is 17.7 Å². The fourth-order valence-electron chi connectivity index (χ4n) is 5.43. The molecule has 11 N–H and O–H groups in total. The van der Waals surface area contributed by atoms with Crippen LogP contribution in [0.1, 0.15) is 23.3 Å². The summed E-state index contributed by atoms with van der Waals surface area (Å²) in [6, 6.07) is 5.33. The van der Waals surface area contributed by atoms with Crippen molar-refractivity contribution in [1.29, 1.82) is 0 Å². The molecule has 15 heteroatoms. The van der Waals surface area contributed by atoms with Gasteiger partial charge in [0.05, 0.1) is 29.9 Å². The number of hydrogen-bond acceptors (Lipinski definition) is 15. The van der Waals surface area contributed by atoms with Crippen LogP contribution in [-0.2, 0) is 9.47 Å². The molecule has 3 aromatic rings. The first-order valence-corrected chi connectivity index (χ1v) is 12.9. The lowest BCUT2D eigenvalue weighted by atomic mass is 9.85. The fraction of sp³-hybridized carbons (Fsp3) is 0.444. The molecular formula is C27H30O15. The summed E-state index contributed by atoms with van der Waals surface area (Å²) in [4.78, 5) is 13.8. The van der Waals surface area contributed by atoms with Crippen molar-refractivity contribution >= 4 is 11.0 Å². The normalized spacial score (nSPS) is 33.6. The van der Waals surface area contributed by atoms with E-state index in [9.17, 15) is 61.0 Å². The Morgan fingerprint density at radius 2 is 1.14 bits per heavy atom. The number of rotatable bonds is 5. The first-order chi connectivity index (χ1) is 19.9. The van der Waals surface area contributed by atoms with E-state index < -0.39 is 113 Å². The van der Waals surface area contributed by atoms with E-state index >= 15 is 0 Å². The summed E-state index contributed by atoms with van der Waals surface area (Å²) in [6.45, 7) is -1.70. The molecule has 2 aromatic carbocycles. The van der Waals surface area contributed by atoms with Crippen LogP contribution >= 0.6 is 0 Å². The molecule has 0 saturated carbocycles. The first-order valence-electron chi connectivity index (χ1n) is 12.9. The van der Waals surface area contributed by atoms with Gasteiger partial charge in [0.1, 0.15) is 89.9 Å². The minimum absolute atomic E-state index is 0.105. The molecule has 0 aliphatic carbocycles. The van der Waals surface area contributed by atoms with Crippen LogP contribution in [-0.4, -0.2) is 118 Å². The largest absolute Gasteiger partial charge is 0.508 e. The molecular weight excluding hydrogens is 564 g/mol. The SMILES string of the molecule is O=c1c(-c2ccc(O)cc2)coc2c([C@@H]3O[C@H](CO)[C@@H](O)[C@H](O)[C@H]3O)c(O)c([C@@H]3O[C@H](CO)[C@@H](O)[C@H](O)[C@H]3O)c(O)c12. The Morgan fingerprint density at radius 1 is 0.643 bits per heavy atom. The molecule has 15 nitrogen and oxygen atoms in total. The van der Waals surface area contributed by atoms with Gasteiger partial charge in [-0.2, -0.15) is 0 Å². The maximum atomic E-state index is 13.8. The van der Waals surface area contributed by atoms with Gasteiger partial charge in [-0.3, -0.25) is 4.79 Å². The molecule has 5 rings (SSSR count). The van der Waals surface area contributed by atoms with E-state index in [4.69, 9.17) is 13.9 Å². The van der Waals surface area contributed by atoms with Crippen LogP contribution in [0.5, 0.6) is 17.2 Å². The lowest BCUT2D eigenvalue weighted by Gasteiger charge is -2.42. The monoisotopic (exact) mass is 594 g/mol. The number of phenols is 3. The number of aliphatic hydroxyl groups excluding tert-OH is 8. The summed E-state index contributed by atoms with van der Waals surface area (Å²) < 4.78 is 16.8. The molecule has 10 atom stereocenters. The van der Waals surface area contributed by atoms with Crippen molar-refractivity contribution in [3.8, 4) is 28.4 Å². The predicted molar refractivity (Wildman–Crippen MR) is 138 cm³/mol.